The van der Waals surface area contributed by atoms with E-state index in [-0.39, 0.29) is 11.5 Å². The van der Waals surface area contributed by atoms with E-state index in [1.165, 1.54) is 12.1 Å². The summed E-state index contributed by atoms with van der Waals surface area (Å²) >= 11 is 8.71. The van der Waals surface area contributed by atoms with Crippen molar-refractivity contribution in [1.82, 2.24) is 0 Å². The Kier molecular flexibility index (Phi) is 3.60. The topological polar surface area (TPSA) is 66.8 Å². The first-order valence-electron chi connectivity index (χ1n) is 3.53. The Balaban J connectivity index is 2.90. The van der Waals surface area contributed by atoms with Crippen LogP contribution >= 0.6 is 27.5 Å². The molecule has 0 unspecified atom stereocenters. The molecule has 0 saturated carbocycles. The zero-order valence-electron chi connectivity index (χ0n) is 6.83. The summed E-state index contributed by atoms with van der Waals surface area (Å²) in [5, 5.41) is 18.1. The highest BCUT2D eigenvalue weighted by Gasteiger charge is 2.09. The van der Waals surface area contributed by atoms with Gasteiger partial charge in [-0.1, -0.05) is 11.6 Å². The second-order valence-corrected chi connectivity index (χ2v) is 3.71. The molecule has 0 aliphatic heterocycles. The molecule has 0 spiro atoms. The van der Waals surface area contributed by atoms with E-state index < -0.39 is 12.6 Å². The van der Waals surface area contributed by atoms with Gasteiger partial charge in [0, 0.05) is 11.1 Å². The first kappa shape index (κ1) is 11.1. The normalized spacial score (nSPS) is 9.86. The maximum absolute atomic E-state index is 10.2. The standard InChI is InChI=1S/C8H6BrClO4/c9-5-1-4(10)2-6(8(5)13)14-3-7(11)12/h1-2,13H,3H2,(H,11,12). The smallest absolute Gasteiger partial charge is 0.341 e. The highest BCUT2D eigenvalue weighted by Crippen LogP contribution is 2.36. The molecule has 6 heteroatoms. The number of rotatable bonds is 3. The number of hydrogen-bond donors (Lipinski definition) is 2. The molecule has 0 aliphatic rings. The Morgan fingerprint density at radius 2 is 2.21 bits per heavy atom. The predicted octanol–water partition coefficient (Wildman–Crippen LogP) is 2.27. The Labute approximate surface area is 93.2 Å². The third-order valence-corrected chi connectivity index (χ3v) is 2.17. The summed E-state index contributed by atoms with van der Waals surface area (Å²) < 4.78 is 5.15. The lowest BCUT2D eigenvalue weighted by Crippen LogP contribution is -2.09. The van der Waals surface area contributed by atoms with Gasteiger partial charge in [-0.2, -0.15) is 0 Å². The molecule has 0 amide bonds. The Morgan fingerprint density at radius 1 is 1.57 bits per heavy atom. The molecule has 0 radical (unpaired) electrons. The molecular formula is C8H6BrClO4. The number of carboxylic acids is 1. The van der Waals surface area contributed by atoms with Crippen molar-refractivity contribution >= 4 is 33.5 Å². The molecule has 0 saturated heterocycles. The van der Waals surface area contributed by atoms with E-state index in [1.807, 2.05) is 0 Å². The minimum atomic E-state index is -1.12. The Hall–Kier alpha value is -0.940. The fraction of sp³-hybridized carbons (Fsp3) is 0.125. The SMILES string of the molecule is O=C(O)COc1cc(Cl)cc(Br)c1O. The number of carbonyl (C=O) groups is 1. The molecule has 0 fully saturated rings. The maximum Gasteiger partial charge on any atom is 0.341 e. The maximum atomic E-state index is 10.2. The molecule has 0 atom stereocenters. The summed E-state index contributed by atoms with van der Waals surface area (Å²) in [5.41, 5.74) is 0. The van der Waals surface area contributed by atoms with Crippen LogP contribution < -0.4 is 4.74 Å². The monoisotopic (exact) mass is 280 g/mol. The van der Waals surface area contributed by atoms with E-state index in [4.69, 9.17) is 21.4 Å². The van der Waals surface area contributed by atoms with Gasteiger partial charge in [0.05, 0.1) is 4.47 Å². The van der Waals surface area contributed by atoms with E-state index in [0.717, 1.165) is 0 Å². The van der Waals surface area contributed by atoms with Gasteiger partial charge in [-0.05, 0) is 22.0 Å². The largest absolute Gasteiger partial charge is 0.503 e. The van der Waals surface area contributed by atoms with Crippen molar-refractivity contribution in [3.8, 4) is 11.5 Å². The van der Waals surface area contributed by atoms with Crippen LogP contribution in [0.2, 0.25) is 5.02 Å². The summed E-state index contributed by atoms with van der Waals surface area (Å²) in [5.74, 6) is -1.26. The lowest BCUT2D eigenvalue weighted by atomic mass is 10.3. The van der Waals surface area contributed by atoms with Gasteiger partial charge in [0.1, 0.15) is 0 Å². The first-order valence-corrected chi connectivity index (χ1v) is 4.70. The van der Waals surface area contributed by atoms with Crippen LogP contribution in [0.25, 0.3) is 0 Å². The number of halogens is 2. The van der Waals surface area contributed by atoms with Crippen LogP contribution in [0, 0.1) is 0 Å². The Bertz CT molecular complexity index is 367. The van der Waals surface area contributed by atoms with Gasteiger partial charge in [-0.3, -0.25) is 0 Å². The second kappa shape index (κ2) is 4.52. The van der Waals surface area contributed by atoms with Crippen molar-refractivity contribution in [2.75, 3.05) is 6.61 Å². The van der Waals surface area contributed by atoms with Crippen LogP contribution in [-0.2, 0) is 4.79 Å². The Morgan fingerprint density at radius 3 is 2.79 bits per heavy atom. The van der Waals surface area contributed by atoms with Crippen LogP contribution in [0.15, 0.2) is 16.6 Å². The molecule has 0 heterocycles. The van der Waals surface area contributed by atoms with Crippen molar-refractivity contribution in [1.29, 1.82) is 0 Å². The minimum Gasteiger partial charge on any atom is -0.503 e. The molecule has 76 valence electrons. The lowest BCUT2D eigenvalue weighted by Gasteiger charge is -2.07. The molecule has 2 N–H and O–H groups in total. The van der Waals surface area contributed by atoms with Gasteiger partial charge in [-0.15, -0.1) is 0 Å². The molecule has 14 heavy (non-hydrogen) atoms. The highest BCUT2D eigenvalue weighted by atomic mass is 79.9. The number of ether oxygens (including phenoxy) is 1. The molecule has 4 nitrogen and oxygen atoms in total. The van der Waals surface area contributed by atoms with Gasteiger partial charge in [0.25, 0.3) is 0 Å². The van der Waals surface area contributed by atoms with E-state index in [2.05, 4.69) is 15.9 Å². The van der Waals surface area contributed by atoms with Gasteiger partial charge >= 0.3 is 5.97 Å². The summed E-state index contributed by atoms with van der Waals surface area (Å²) in [6.07, 6.45) is 0. The number of benzene rings is 1. The summed E-state index contributed by atoms with van der Waals surface area (Å²) in [7, 11) is 0. The van der Waals surface area contributed by atoms with Crippen molar-refractivity contribution in [3.05, 3.63) is 21.6 Å². The number of phenols is 1. The first-order chi connectivity index (χ1) is 6.50. The second-order valence-electron chi connectivity index (χ2n) is 2.42. The molecule has 0 aliphatic carbocycles. The summed E-state index contributed by atoms with van der Waals surface area (Å²) in [4.78, 5) is 10.2. The molecule has 1 aromatic carbocycles. The molecular weight excluding hydrogens is 275 g/mol. The van der Waals surface area contributed by atoms with Crippen LogP contribution in [0.1, 0.15) is 0 Å². The van der Waals surface area contributed by atoms with Gasteiger partial charge in [0.2, 0.25) is 0 Å². The van der Waals surface area contributed by atoms with Gasteiger partial charge in [0.15, 0.2) is 18.1 Å². The zero-order chi connectivity index (χ0) is 10.7. The van der Waals surface area contributed by atoms with E-state index in [9.17, 15) is 9.90 Å². The summed E-state index contributed by atoms with van der Waals surface area (Å²) in [6.45, 7) is -0.527. The number of phenolic OH excluding ortho intramolecular Hbond substituents is 1. The van der Waals surface area contributed by atoms with Crippen LogP contribution in [-0.4, -0.2) is 22.8 Å². The van der Waals surface area contributed by atoms with Gasteiger partial charge < -0.3 is 14.9 Å². The third kappa shape index (κ3) is 2.78. The van der Waals surface area contributed by atoms with Crippen molar-refractivity contribution < 1.29 is 19.7 Å². The van der Waals surface area contributed by atoms with Crippen molar-refractivity contribution in [3.63, 3.8) is 0 Å². The highest BCUT2D eigenvalue weighted by molar-refractivity contribution is 9.10. The van der Waals surface area contributed by atoms with Crippen LogP contribution in [0.3, 0.4) is 0 Å². The summed E-state index contributed by atoms with van der Waals surface area (Å²) in [6, 6.07) is 2.81. The van der Waals surface area contributed by atoms with E-state index in [1.54, 1.807) is 0 Å². The van der Waals surface area contributed by atoms with Gasteiger partial charge in [-0.25, -0.2) is 4.79 Å². The van der Waals surface area contributed by atoms with Crippen molar-refractivity contribution in [2.45, 2.75) is 0 Å². The fourth-order valence-electron chi connectivity index (χ4n) is 0.792. The minimum absolute atomic E-state index is 0.0341. The molecule has 0 bridgehead atoms. The molecule has 1 rings (SSSR count). The predicted molar refractivity (Wildman–Crippen MR) is 53.9 cm³/mol. The number of aromatic hydroxyl groups is 1. The lowest BCUT2D eigenvalue weighted by molar-refractivity contribution is -0.139. The third-order valence-electron chi connectivity index (χ3n) is 1.34. The average molecular weight is 281 g/mol. The number of carboxylic acid groups (broad SMARTS) is 1. The van der Waals surface area contributed by atoms with E-state index in [0.29, 0.717) is 9.50 Å². The van der Waals surface area contributed by atoms with E-state index >= 15 is 0 Å². The van der Waals surface area contributed by atoms with Crippen LogP contribution in [0.5, 0.6) is 11.5 Å². The molecule has 0 aromatic heterocycles. The zero-order valence-corrected chi connectivity index (χ0v) is 9.17. The fourth-order valence-corrected chi connectivity index (χ4v) is 1.57. The van der Waals surface area contributed by atoms with Crippen LogP contribution in [0.4, 0.5) is 0 Å². The number of hydrogen-bond acceptors (Lipinski definition) is 3. The van der Waals surface area contributed by atoms with Crippen molar-refractivity contribution in [2.24, 2.45) is 0 Å². The quantitative estimate of drug-likeness (QED) is 0.892. The molecule has 1 aromatic rings. The average Bonchev–Trinajstić information content (AvgIpc) is 2.08. The number of aliphatic carboxylic acids is 1.